The van der Waals surface area contributed by atoms with Crippen LogP contribution in [0.5, 0.6) is 0 Å². The minimum atomic E-state index is -4.73. The number of cyclic esters (lactones) is 1. The van der Waals surface area contributed by atoms with E-state index in [0.29, 0.717) is 5.56 Å². The molecule has 1 aliphatic rings. The number of carbonyl (C=O) groups is 1. The molecule has 2 nitrogen and oxygen atoms in total. The lowest BCUT2D eigenvalue weighted by atomic mass is 9.58. The van der Waals surface area contributed by atoms with Crippen molar-refractivity contribution in [3.63, 3.8) is 0 Å². The molecular formula is C18H15F3O2. The highest BCUT2D eigenvalue weighted by Gasteiger charge is 2.81. The molecular weight excluding hydrogens is 305 g/mol. The number of ether oxygens (including phenoxy) is 1. The fraction of sp³-hybridized carbons (Fsp3) is 0.278. The summed E-state index contributed by atoms with van der Waals surface area (Å²) in [5.74, 6) is -0.840. The predicted octanol–water partition coefficient (Wildman–Crippen LogP) is 4.35. The number of alkyl halides is 3. The van der Waals surface area contributed by atoms with Crippen molar-refractivity contribution in [3.8, 4) is 0 Å². The van der Waals surface area contributed by atoms with E-state index in [2.05, 4.69) is 0 Å². The normalized spacial score (nSPS) is 27.2. The van der Waals surface area contributed by atoms with E-state index in [4.69, 9.17) is 4.74 Å². The summed E-state index contributed by atoms with van der Waals surface area (Å²) in [4.78, 5) is 12.3. The molecule has 0 bridgehead atoms. The fourth-order valence-corrected chi connectivity index (χ4v) is 3.49. The van der Waals surface area contributed by atoms with E-state index in [-0.39, 0.29) is 12.0 Å². The number of benzene rings is 2. The Morgan fingerprint density at radius 1 is 0.913 bits per heavy atom. The van der Waals surface area contributed by atoms with Gasteiger partial charge in [0.05, 0.1) is 0 Å². The Kier molecular flexibility index (Phi) is 3.47. The molecule has 5 heteroatoms. The Morgan fingerprint density at radius 2 is 1.39 bits per heavy atom. The third-order valence-electron chi connectivity index (χ3n) is 4.57. The van der Waals surface area contributed by atoms with Gasteiger partial charge in [-0.05, 0) is 12.0 Å². The average Bonchev–Trinajstić information content (AvgIpc) is 2.54. The monoisotopic (exact) mass is 320 g/mol. The second kappa shape index (κ2) is 5.11. The van der Waals surface area contributed by atoms with Gasteiger partial charge in [-0.3, -0.25) is 4.79 Å². The Labute approximate surface area is 131 Å². The van der Waals surface area contributed by atoms with Crippen LogP contribution in [0.1, 0.15) is 24.5 Å². The summed E-state index contributed by atoms with van der Waals surface area (Å²) < 4.78 is 47.2. The molecule has 120 valence electrons. The molecule has 0 saturated carbocycles. The second-order valence-electron chi connectivity index (χ2n) is 5.56. The van der Waals surface area contributed by atoms with Gasteiger partial charge in [0.15, 0.2) is 0 Å². The van der Waals surface area contributed by atoms with Gasteiger partial charge in [-0.15, -0.1) is 0 Å². The molecule has 1 heterocycles. The minimum Gasteiger partial charge on any atom is -0.442 e. The van der Waals surface area contributed by atoms with Crippen LogP contribution in [0.3, 0.4) is 0 Å². The predicted molar refractivity (Wildman–Crippen MR) is 78.7 cm³/mol. The SMILES string of the molecule is CC[C@@]1(c2ccccc2)C(=O)O[C@]1(c1ccccc1)C(F)(F)F. The second-order valence-corrected chi connectivity index (χ2v) is 5.56. The third kappa shape index (κ3) is 1.85. The molecule has 1 fully saturated rings. The molecule has 1 aliphatic heterocycles. The van der Waals surface area contributed by atoms with Crippen molar-refractivity contribution < 1.29 is 22.7 Å². The number of carbonyl (C=O) groups excluding carboxylic acids is 1. The fourth-order valence-electron chi connectivity index (χ4n) is 3.49. The van der Waals surface area contributed by atoms with E-state index in [0.717, 1.165) is 0 Å². The average molecular weight is 320 g/mol. The van der Waals surface area contributed by atoms with E-state index >= 15 is 0 Å². The highest BCUT2D eigenvalue weighted by Crippen LogP contribution is 2.63. The molecule has 0 amide bonds. The van der Waals surface area contributed by atoms with Crippen molar-refractivity contribution in [1.29, 1.82) is 0 Å². The van der Waals surface area contributed by atoms with Gasteiger partial charge in [0.1, 0.15) is 5.41 Å². The summed E-state index contributed by atoms with van der Waals surface area (Å²) in [7, 11) is 0. The lowest BCUT2D eigenvalue weighted by Crippen LogP contribution is -2.73. The summed E-state index contributed by atoms with van der Waals surface area (Å²) in [6.07, 6.45) is -4.74. The van der Waals surface area contributed by atoms with Crippen molar-refractivity contribution in [2.45, 2.75) is 30.5 Å². The first-order chi connectivity index (χ1) is 10.9. The number of rotatable bonds is 3. The third-order valence-corrected chi connectivity index (χ3v) is 4.57. The van der Waals surface area contributed by atoms with Gasteiger partial charge in [-0.2, -0.15) is 13.2 Å². The van der Waals surface area contributed by atoms with E-state index in [1.807, 2.05) is 0 Å². The van der Waals surface area contributed by atoms with E-state index in [1.165, 1.54) is 24.3 Å². The van der Waals surface area contributed by atoms with Gasteiger partial charge < -0.3 is 4.74 Å². The number of halogens is 3. The lowest BCUT2D eigenvalue weighted by molar-refractivity contribution is -0.341. The van der Waals surface area contributed by atoms with Crippen LogP contribution in [-0.2, 0) is 20.5 Å². The molecule has 2 aromatic rings. The zero-order valence-electron chi connectivity index (χ0n) is 12.4. The van der Waals surface area contributed by atoms with E-state index in [1.54, 1.807) is 43.3 Å². The maximum Gasteiger partial charge on any atom is 0.434 e. The van der Waals surface area contributed by atoms with Crippen LogP contribution in [-0.4, -0.2) is 12.1 Å². The maximum absolute atomic E-state index is 14.1. The Bertz CT molecular complexity index is 712. The molecule has 3 rings (SSSR count). The van der Waals surface area contributed by atoms with Crippen LogP contribution in [0.15, 0.2) is 60.7 Å². The summed E-state index contributed by atoms with van der Waals surface area (Å²) in [6.45, 7) is 1.58. The van der Waals surface area contributed by atoms with E-state index < -0.39 is 23.2 Å². The summed E-state index contributed by atoms with van der Waals surface area (Å²) >= 11 is 0. The van der Waals surface area contributed by atoms with Crippen LogP contribution in [0.25, 0.3) is 0 Å². The number of hydrogen-bond acceptors (Lipinski definition) is 2. The molecule has 0 radical (unpaired) electrons. The van der Waals surface area contributed by atoms with Crippen molar-refractivity contribution in [3.05, 3.63) is 71.8 Å². The molecule has 0 spiro atoms. The maximum atomic E-state index is 14.1. The highest BCUT2D eigenvalue weighted by molar-refractivity contribution is 5.92. The van der Waals surface area contributed by atoms with Gasteiger partial charge in [-0.25, -0.2) is 0 Å². The van der Waals surface area contributed by atoms with Crippen molar-refractivity contribution in [1.82, 2.24) is 0 Å². The molecule has 1 saturated heterocycles. The molecule has 2 atom stereocenters. The molecule has 2 aromatic carbocycles. The molecule has 0 aromatic heterocycles. The summed E-state index contributed by atoms with van der Waals surface area (Å²) in [5.41, 5.74) is -4.17. The molecule has 0 unspecified atom stereocenters. The van der Waals surface area contributed by atoms with Gasteiger partial charge in [0, 0.05) is 5.56 Å². The van der Waals surface area contributed by atoms with Crippen molar-refractivity contribution >= 4 is 5.97 Å². The molecule has 0 aliphatic carbocycles. The first kappa shape index (κ1) is 15.6. The van der Waals surface area contributed by atoms with Crippen LogP contribution >= 0.6 is 0 Å². The Morgan fingerprint density at radius 3 is 1.78 bits per heavy atom. The Hall–Kier alpha value is -2.30. The molecule has 23 heavy (non-hydrogen) atoms. The van der Waals surface area contributed by atoms with Crippen LogP contribution in [0.2, 0.25) is 0 Å². The van der Waals surface area contributed by atoms with Gasteiger partial charge in [0.25, 0.3) is 5.60 Å². The topological polar surface area (TPSA) is 26.3 Å². The van der Waals surface area contributed by atoms with Gasteiger partial charge >= 0.3 is 12.1 Å². The van der Waals surface area contributed by atoms with Gasteiger partial charge in [0.2, 0.25) is 0 Å². The van der Waals surface area contributed by atoms with Crippen LogP contribution < -0.4 is 0 Å². The number of hydrogen-bond donors (Lipinski definition) is 0. The standard InChI is InChI=1S/C18H15F3O2/c1-2-16(13-9-5-3-6-10-13)15(22)23-17(16,18(19,20)21)14-11-7-4-8-12-14/h3-12H,2H2,1H3/t16-,17+/m1/s1. The first-order valence-corrected chi connectivity index (χ1v) is 7.31. The van der Waals surface area contributed by atoms with Crippen molar-refractivity contribution in [2.75, 3.05) is 0 Å². The Balaban J connectivity index is 2.31. The summed E-state index contributed by atoms with van der Waals surface area (Å²) in [6, 6.07) is 15.4. The smallest absolute Gasteiger partial charge is 0.434 e. The van der Waals surface area contributed by atoms with Gasteiger partial charge in [-0.1, -0.05) is 67.6 Å². The largest absolute Gasteiger partial charge is 0.442 e. The number of esters is 1. The highest BCUT2D eigenvalue weighted by atomic mass is 19.4. The quantitative estimate of drug-likeness (QED) is 0.786. The summed E-state index contributed by atoms with van der Waals surface area (Å²) in [5, 5.41) is 0. The van der Waals surface area contributed by atoms with Crippen LogP contribution in [0, 0.1) is 0 Å². The van der Waals surface area contributed by atoms with E-state index in [9.17, 15) is 18.0 Å². The van der Waals surface area contributed by atoms with Crippen LogP contribution in [0.4, 0.5) is 13.2 Å². The zero-order chi connectivity index (χ0) is 16.7. The van der Waals surface area contributed by atoms with Crippen molar-refractivity contribution in [2.24, 2.45) is 0 Å². The molecule has 0 N–H and O–H groups in total. The first-order valence-electron chi connectivity index (χ1n) is 7.31. The zero-order valence-corrected chi connectivity index (χ0v) is 12.4. The lowest BCUT2D eigenvalue weighted by Gasteiger charge is -2.56. The minimum absolute atomic E-state index is 0.00967.